The van der Waals surface area contributed by atoms with Crippen LogP contribution in [0, 0.1) is 5.41 Å². The van der Waals surface area contributed by atoms with Crippen molar-refractivity contribution < 1.29 is 4.79 Å². The lowest BCUT2D eigenvalue weighted by Gasteiger charge is -2.28. The number of carbonyl (C=O) groups excluding carboxylic acids is 1. The van der Waals surface area contributed by atoms with Crippen molar-refractivity contribution in [1.82, 2.24) is 15.2 Å². The fourth-order valence-corrected chi connectivity index (χ4v) is 2.44. The van der Waals surface area contributed by atoms with E-state index in [1.807, 2.05) is 21.0 Å². The fraction of sp³-hybridized carbons (Fsp3) is 0.600. The van der Waals surface area contributed by atoms with Gasteiger partial charge in [0.1, 0.15) is 11.0 Å². The van der Waals surface area contributed by atoms with Crippen LogP contribution < -0.4 is 10.6 Å². The van der Waals surface area contributed by atoms with Crippen LogP contribution in [-0.2, 0) is 0 Å². The van der Waals surface area contributed by atoms with Gasteiger partial charge >= 0.3 is 0 Å². The van der Waals surface area contributed by atoms with Crippen molar-refractivity contribution >= 4 is 23.3 Å². The Morgan fingerprint density at radius 3 is 2.62 bits per heavy atom. The van der Waals surface area contributed by atoms with Gasteiger partial charge in [-0.1, -0.05) is 25.4 Å². The van der Waals surface area contributed by atoms with Crippen molar-refractivity contribution in [2.45, 2.75) is 20.8 Å². The SMILES string of the molecule is CCNc1cc(C(=O)NCC(C)(C)CN(C)C)cc(Cl)n1. The topological polar surface area (TPSA) is 57.3 Å². The van der Waals surface area contributed by atoms with Crippen molar-refractivity contribution in [1.29, 1.82) is 0 Å². The minimum atomic E-state index is -0.134. The Morgan fingerprint density at radius 1 is 1.38 bits per heavy atom. The molecule has 0 fully saturated rings. The Balaban J connectivity index is 2.71. The third kappa shape index (κ3) is 6.31. The Kier molecular flexibility index (Phi) is 6.42. The van der Waals surface area contributed by atoms with Gasteiger partial charge in [-0.25, -0.2) is 4.98 Å². The second-order valence-electron chi connectivity index (χ2n) is 6.18. The Morgan fingerprint density at radius 2 is 2.05 bits per heavy atom. The summed E-state index contributed by atoms with van der Waals surface area (Å²) < 4.78 is 0. The second-order valence-corrected chi connectivity index (χ2v) is 6.57. The highest BCUT2D eigenvalue weighted by molar-refractivity contribution is 6.29. The number of pyridine rings is 1. The van der Waals surface area contributed by atoms with Gasteiger partial charge in [-0.15, -0.1) is 0 Å². The maximum atomic E-state index is 12.2. The first kappa shape index (κ1) is 17.7. The summed E-state index contributed by atoms with van der Waals surface area (Å²) in [6.45, 7) is 8.43. The van der Waals surface area contributed by atoms with Gasteiger partial charge in [0, 0.05) is 25.2 Å². The lowest BCUT2D eigenvalue weighted by Crippen LogP contribution is -2.40. The van der Waals surface area contributed by atoms with Crippen LogP contribution in [0.2, 0.25) is 5.15 Å². The summed E-state index contributed by atoms with van der Waals surface area (Å²) in [5, 5.41) is 6.33. The zero-order valence-electron chi connectivity index (χ0n) is 13.5. The molecule has 0 aromatic carbocycles. The lowest BCUT2D eigenvalue weighted by molar-refractivity contribution is 0.0929. The van der Waals surface area contributed by atoms with Crippen molar-refractivity contribution in [3.05, 3.63) is 22.8 Å². The monoisotopic (exact) mass is 312 g/mol. The van der Waals surface area contributed by atoms with Crippen LogP contribution >= 0.6 is 11.6 Å². The highest BCUT2D eigenvalue weighted by atomic mass is 35.5. The molecule has 1 aromatic heterocycles. The van der Waals surface area contributed by atoms with Gasteiger partial charge in [-0.3, -0.25) is 4.79 Å². The van der Waals surface area contributed by atoms with Gasteiger partial charge in [0.25, 0.3) is 5.91 Å². The summed E-state index contributed by atoms with van der Waals surface area (Å²) in [6.07, 6.45) is 0. The summed E-state index contributed by atoms with van der Waals surface area (Å²) >= 11 is 5.95. The maximum absolute atomic E-state index is 12.2. The summed E-state index contributed by atoms with van der Waals surface area (Å²) in [4.78, 5) is 18.5. The Hall–Kier alpha value is -1.33. The van der Waals surface area contributed by atoms with Crippen molar-refractivity contribution in [2.75, 3.05) is 39.0 Å². The predicted molar refractivity (Wildman–Crippen MR) is 88.1 cm³/mol. The quantitative estimate of drug-likeness (QED) is 0.760. The van der Waals surface area contributed by atoms with E-state index < -0.39 is 0 Å². The number of rotatable bonds is 7. The minimum absolute atomic E-state index is 0.000480. The largest absolute Gasteiger partial charge is 0.370 e. The average molecular weight is 313 g/mol. The van der Waals surface area contributed by atoms with E-state index in [2.05, 4.69) is 34.4 Å². The number of nitrogens with one attached hydrogen (secondary N) is 2. The van der Waals surface area contributed by atoms with Crippen LogP contribution in [-0.4, -0.2) is 49.5 Å². The van der Waals surface area contributed by atoms with Crippen molar-refractivity contribution in [2.24, 2.45) is 5.41 Å². The Bertz CT molecular complexity index is 489. The van der Waals surface area contributed by atoms with Crippen LogP contribution in [0.4, 0.5) is 5.82 Å². The molecule has 0 aliphatic rings. The molecule has 0 atom stereocenters. The molecule has 0 unspecified atom stereocenters. The number of amides is 1. The van der Waals surface area contributed by atoms with Gasteiger partial charge < -0.3 is 15.5 Å². The summed E-state index contributed by atoms with van der Waals surface area (Å²) in [5.41, 5.74) is 0.520. The molecule has 0 aliphatic heterocycles. The third-order valence-corrected chi connectivity index (χ3v) is 3.08. The number of halogens is 1. The molecular weight excluding hydrogens is 288 g/mol. The average Bonchev–Trinajstić information content (AvgIpc) is 2.34. The molecule has 1 rings (SSSR count). The first-order chi connectivity index (χ1) is 9.73. The second kappa shape index (κ2) is 7.61. The van der Waals surface area contributed by atoms with Gasteiger partial charge in [-0.05, 0) is 38.6 Å². The molecule has 0 radical (unpaired) electrons. The van der Waals surface area contributed by atoms with E-state index in [4.69, 9.17) is 11.6 Å². The summed E-state index contributed by atoms with van der Waals surface area (Å²) in [6, 6.07) is 3.29. The molecule has 0 aliphatic carbocycles. The minimum Gasteiger partial charge on any atom is -0.370 e. The highest BCUT2D eigenvalue weighted by Gasteiger charge is 2.20. The van der Waals surface area contributed by atoms with E-state index in [0.717, 1.165) is 13.1 Å². The van der Waals surface area contributed by atoms with E-state index in [1.54, 1.807) is 12.1 Å². The van der Waals surface area contributed by atoms with Gasteiger partial charge in [-0.2, -0.15) is 0 Å². The van der Waals surface area contributed by atoms with E-state index in [1.165, 1.54) is 0 Å². The number of hydrogen-bond acceptors (Lipinski definition) is 4. The van der Waals surface area contributed by atoms with E-state index >= 15 is 0 Å². The molecule has 21 heavy (non-hydrogen) atoms. The normalized spacial score (nSPS) is 11.6. The number of aromatic nitrogens is 1. The number of anilines is 1. The number of nitrogens with zero attached hydrogens (tertiary/aromatic N) is 2. The maximum Gasteiger partial charge on any atom is 0.251 e. The molecule has 0 spiro atoms. The zero-order chi connectivity index (χ0) is 16.0. The smallest absolute Gasteiger partial charge is 0.251 e. The molecule has 1 amide bonds. The third-order valence-electron chi connectivity index (χ3n) is 2.89. The van der Waals surface area contributed by atoms with Crippen molar-refractivity contribution in [3.8, 4) is 0 Å². The summed E-state index contributed by atoms with van der Waals surface area (Å²) in [7, 11) is 4.05. The number of carbonyl (C=O) groups is 1. The standard InChI is InChI=1S/C15H25ClN4O/c1-6-17-13-8-11(7-12(16)19-13)14(21)18-9-15(2,3)10-20(4)5/h7-8H,6,9-10H2,1-5H3,(H,17,19)(H,18,21). The molecule has 118 valence electrons. The van der Waals surface area contributed by atoms with Gasteiger partial charge in [0.05, 0.1) is 0 Å². The molecule has 0 saturated carbocycles. The van der Waals surface area contributed by atoms with E-state index in [9.17, 15) is 4.79 Å². The first-order valence-electron chi connectivity index (χ1n) is 7.08. The van der Waals surface area contributed by atoms with Crippen LogP contribution in [0.3, 0.4) is 0 Å². The molecule has 5 nitrogen and oxygen atoms in total. The molecule has 6 heteroatoms. The first-order valence-corrected chi connectivity index (χ1v) is 7.45. The summed E-state index contributed by atoms with van der Waals surface area (Å²) in [5.74, 6) is 0.480. The predicted octanol–water partition coefficient (Wildman–Crippen LogP) is 2.48. The Labute approximate surface area is 132 Å². The number of hydrogen-bond donors (Lipinski definition) is 2. The van der Waals surface area contributed by atoms with Crippen LogP contribution in [0.1, 0.15) is 31.1 Å². The fourth-order valence-electron chi connectivity index (χ4n) is 2.23. The lowest BCUT2D eigenvalue weighted by atomic mass is 9.93. The van der Waals surface area contributed by atoms with E-state index in [-0.39, 0.29) is 11.3 Å². The molecule has 0 saturated heterocycles. The molecule has 2 N–H and O–H groups in total. The van der Waals surface area contributed by atoms with Gasteiger partial charge in [0.15, 0.2) is 0 Å². The molecular formula is C15H25ClN4O. The molecule has 1 aromatic rings. The van der Waals surface area contributed by atoms with Crippen molar-refractivity contribution in [3.63, 3.8) is 0 Å². The zero-order valence-corrected chi connectivity index (χ0v) is 14.2. The van der Waals surface area contributed by atoms with Crippen LogP contribution in [0.15, 0.2) is 12.1 Å². The highest BCUT2D eigenvalue weighted by Crippen LogP contribution is 2.17. The molecule has 1 heterocycles. The van der Waals surface area contributed by atoms with Crippen LogP contribution in [0.25, 0.3) is 0 Å². The van der Waals surface area contributed by atoms with Gasteiger partial charge in [0.2, 0.25) is 0 Å². The van der Waals surface area contributed by atoms with Crippen LogP contribution in [0.5, 0.6) is 0 Å². The van der Waals surface area contributed by atoms with E-state index in [0.29, 0.717) is 23.1 Å². The molecule has 0 bridgehead atoms.